The van der Waals surface area contributed by atoms with E-state index in [0.29, 0.717) is 17.1 Å². The first-order valence-corrected chi connectivity index (χ1v) is 9.55. The summed E-state index contributed by atoms with van der Waals surface area (Å²) >= 11 is 0. The van der Waals surface area contributed by atoms with E-state index in [0.717, 1.165) is 0 Å². The first kappa shape index (κ1) is 21.0. The minimum Gasteiger partial charge on any atom is -0.497 e. The Kier molecular flexibility index (Phi) is 5.80. The van der Waals surface area contributed by atoms with E-state index in [2.05, 4.69) is 10.1 Å². The predicted molar refractivity (Wildman–Crippen MR) is 113 cm³/mol. The molecule has 0 unspecified atom stereocenters. The van der Waals surface area contributed by atoms with Gasteiger partial charge in [-0.15, -0.1) is 0 Å². The van der Waals surface area contributed by atoms with Crippen molar-refractivity contribution in [1.29, 1.82) is 0 Å². The summed E-state index contributed by atoms with van der Waals surface area (Å²) < 4.78 is 30.9. The van der Waals surface area contributed by atoms with Crippen molar-refractivity contribution in [3.8, 4) is 34.3 Å². The molecule has 0 fully saturated rings. The summed E-state index contributed by atoms with van der Waals surface area (Å²) in [5.74, 6) is 0.185. The lowest BCUT2D eigenvalue weighted by molar-refractivity contribution is 0.0967. The Balaban J connectivity index is 1.64. The summed E-state index contributed by atoms with van der Waals surface area (Å²) in [5, 5.41) is 3.82. The second-order valence-corrected chi connectivity index (χ2v) is 6.78. The molecule has 32 heavy (non-hydrogen) atoms. The van der Waals surface area contributed by atoms with Crippen LogP contribution in [0.1, 0.15) is 10.4 Å². The average molecular weight is 435 g/mol. The van der Waals surface area contributed by atoms with E-state index in [1.165, 1.54) is 49.2 Å². The number of halogens is 1. The second-order valence-electron chi connectivity index (χ2n) is 6.78. The number of ketones is 1. The smallest absolute Gasteiger partial charge is 0.259 e. The SMILES string of the molecule is COc1ccc(OC)c(C(=O)Cn2cc(-c3nc(-c4ccccc4F)no3)ccc2=O)c1. The largest absolute Gasteiger partial charge is 0.497 e. The fourth-order valence-electron chi connectivity index (χ4n) is 3.15. The molecule has 4 rings (SSSR count). The van der Waals surface area contributed by atoms with Crippen LogP contribution in [0.3, 0.4) is 0 Å². The lowest BCUT2D eigenvalue weighted by atomic mass is 10.1. The van der Waals surface area contributed by atoms with Gasteiger partial charge in [-0.25, -0.2) is 4.39 Å². The van der Waals surface area contributed by atoms with E-state index >= 15 is 0 Å². The van der Waals surface area contributed by atoms with E-state index in [1.807, 2.05) is 0 Å². The van der Waals surface area contributed by atoms with Crippen LogP contribution < -0.4 is 15.0 Å². The number of hydrogen-bond donors (Lipinski definition) is 0. The van der Waals surface area contributed by atoms with Crippen LogP contribution in [0.25, 0.3) is 22.8 Å². The van der Waals surface area contributed by atoms with Crippen molar-refractivity contribution in [3.63, 3.8) is 0 Å². The zero-order chi connectivity index (χ0) is 22.7. The van der Waals surface area contributed by atoms with E-state index in [-0.39, 0.29) is 35.2 Å². The molecule has 162 valence electrons. The Morgan fingerprint density at radius 1 is 1.09 bits per heavy atom. The van der Waals surface area contributed by atoms with Crippen molar-refractivity contribution in [2.75, 3.05) is 14.2 Å². The third-order valence-electron chi connectivity index (χ3n) is 4.79. The van der Waals surface area contributed by atoms with Gasteiger partial charge < -0.3 is 18.6 Å². The van der Waals surface area contributed by atoms with Gasteiger partial charge in [0.15, 0.2) is 5.78 Å². The summed E-state index contributed by atoms with van der Waals surface area (Å²) in [6.45, 7) is -0.246. The highest BCUT2D eigenvalue weighted by molar-refractivity contribution is 5.99. The normalized spacial score (nSPS) is 10.7. The van der Waals surface area contributed by atoms with Crippen LogP contribution in [0, 0.1) is 5.82 Å². The van der Waals surface area contributed by atoms with Crippen LogP contribution in [-0.2, 0) is 6.54 Å². The molecule has 0 spiro atoms. The van der Waals surface area contributed by atoms with Crippen molar-refractivity contribution in [2.24, 2.45) is 0 Å². The highest BCUT2D eigenvalue weighted by Crippen LogP contribution is 2.26. The maximum atomic E-state index is 14.0. The summed E-state index contributed by atoms with van der Waals surface area (Å²) in [4.78, 5) is 29.5. The van der Waals surface area contributed by atoms with Gasteiger partial charge in [-0.3, -0.25) is 9.59 Å². The fraction of sp³-hybridized carbons (Fsp3) is 0.130. The summed E-state index contributed by atoms with van der Waals surface area (Å²) in [6, 6.07) is 13.7. The van der Waals surface area contributed by atoms with E-state index in [9.17, 15) is 14.0 Å². The van der Waals surface area contributed by atoms with Gasteiger partial charge in [-0.2, -0.15) is 4.98 Å². The van der Waals surface area contributed by atoms with E-state index in [4.69, 9.17) is 14.0 Å². The average Bonchev–Trinajstić information content (AvgIpc) is 3.30. The first-order valence-electron chi connectivity index (χ1n) is 9.55. The summed E-state index contributed by atoms with van der Waals surface area (Å²) in [7, 11) is 2.94. The molecule has 0 saturated carbocycles. The highest BCUT2D eigenvalue weighted by Gasteiger charge is 2.17. The maximum absolute atomic E-state index is 14.0. The van der Waals surface area contributed by atoms with Crippen LogP contribution in [0.4, 0.5) is 4.39 Å². The second kappa shape index (κ2) is 8.84. The molecule has 9 heteroatoms. The fourth-order valence-corrected chi connectivity index (χ4v) is 3.15. The van der Waals surface area contributed by atoms with Crippen molar-refractivity contribution in [1.82, 2.24) is 14.7 Å². The molecule has 0 aliphatic carbocycles. The number of carbonyl (C=O) groups excluding carboxylic acids is 1. The molecule has 8 nitrogen and oxygen atoms in total. The number of Topliss-reactive ketones (excluding diaryl/α,β-unsaturated/α-hetero) is 1. The Bertz CT molecular complexity index is 1350. The Hall–Kier alpha value is -4.27. The number of ether oxygens (including phenoxy) is 2. The van der Waals surface area contributed by atoms with Crippen molar-refractivity contribution >= 4 is 5.78 Å². The molecule has 0 radical (unpaired) electrons. The van der Waals surface area contributed by atoms with Crippen molar-refractivity contribution < 1.29 is 23.2 Å². The molecule has 0 atom stereocenters. The molecule has 4 aromatic rings. The molecule has 2 aromatic heterocycles. The van der Waals surface area contributed by atoms with Gasteiger partial charge >= 0.3 is 0 Å². The third kappa shape index (κ3) is 4.13. The zero-order valence-electron chi connectivity index (χ0n) is 17.2. The van der Waals surface area contributed by atoms with Crippen LogP contribution in [0.15, 0.2) is 70.1 Å². The molecular weight excluding hydrogens is 417 g/mol. The molecule has 0 aliphatic rings. The third-order valence-corrected chi connectivity index (χ3v) is 4.79. The lowest BCUT2D eigenvalue weighted by Crippen LogP contribution is -2.23. The van der Waals surface area contributed by atoms with E-state index < -0.39 is 11.4 Å². The zero-order valence-corrected chi connectivity index (χ0v) is 17.2. The molecule has 0 bridgehead atoms. The van der Waals surface area contributed by atoms with Gasteiger partial charge in [0.25, 0.3) is 11.4 Å². The predicted octanol–water partition coefficient (Wildman–Crippen LogP) is 3.60. The van der Waals surface area contributed by atoms with Crippen LogP contribution >= 0.6 is 0 Å². The van der Waals surface area contributed by atoms with E-state index in [1.54, 1.807) is 30.3 Å². The highest BCUT2D eigenvalue weighted by atomic mass is 19.1. The van der Waals surface area contributed by atoms with Crippen molar-refractivity contribution in [2.45, 2.75) is 6.54 Å². The minimum atomic E-state index is -0.484. The number of aromatic nitrogens is 3. The molecule has 0 saturated heterocycles. The maximum Gasteiger partial charge on any atom is 0.259 e. The number of hydrogen-bond acceptors (Lipinski definition) is 7. The summed E-state index contributed by atoms with van der Waals surface area (Å²) in [6.07, 6.45) is 1.44. The number of methoxy groups -OCH3 is 2. The summed E-state index contributed by atoms with van der Waals surface area (Å²) in [5.41, 5.74) is 0.489. The Morgan fingerprint density at radius 3 is 2.66 bits per heavy atom. The number of carbonyl (C=O) groups is 1. The topological polar surface area (TPSA) is 96.5 Å². The van der Waals surface area contributed by atoms with Crippen molar-refractivity contribution in [3.05, 3.63) is 82.5 Å². The Morgan fingerprint density at radius 2 is 1.91 bits per heavy atom. The molecular formula is C23H18FN3O5. The molecule has 0 aliphatic heterocycles. The van der Waals surface area contributed by atoms with Crippen LogP contribution in [0.2, 0.25) is 0 Å². The first-order chi connectivity index (χ1) is 15.5. The van der Waals surface area contributed by atoms with Gasteiger partial charge in [0.05, 0.1) is 37.5 Å². The van der Waals surface area contributed by atoms with Gasteiger partial charge in [0.1, 0.15) is 17.3 Å². The molecule has 2 heterocycles. The van der Waals surface area contributed by atoms with Gasteiger partial charge in [0.2, 0.25) is 5.82 Å². The molecule has 2 aromatic carbocycles. The number of nitrogens with zero attached hydrogens (tertiary/aromatic N) is 3. The van der Waals surface area contributed by atoms with Crippen LogP contribution in [0.5, 0.6) is 11.5 Å². The number of pyridine rings is 1. The van der Waals surface area contributed by atoms with Gasteiger partial charge in [-0.1, -0.05) is 17.3 Å². The Labute approximate surface area is 181 Å². The van der Waals surface area contributed by atoms with Gasteiger partial charge in [0, 0.05) is 12.3 Å². The van der Waals surface area contributed by atoms with Gasteiger partial charge in [-0.05, 0) is 36.4 Å². The molecule has 0 amide bonds. The quantitative estimate of drug-likeness (QED) is 0.409. The minimum absolute atomic E-state index is 0.0769. The standard InChI is InChI=1S/C23H18FN3O5/c1-30-15-8-9-20(31-2)17(11-15)19(28)13-27-12-14(7-10-21(27)29)23-25-22(26-32-23)16-5-3-4-6-18(16)24/h3-12H,13H2,1-2H3. The van der Waals surface area contributed by atoms with Crippen LogP contribution in [-0.4, -0.2) is 34.7 Å². The number of benzene rings is 2. The molecule has 0 N–H and O–H groups in total. The lowest BCUT2D eigenvalue weighted by Gasteiger charge is -2.11. The number of rotatable bonds is 7. The monoisotopic (exact) mass is 435 g/mol.